The van der Waals surface area contributed by atoms with Crippen molar-refractivity contribution in [2.24, 2.45) is 0 Å². The minimum absolute atomic E-state index is 0.173. The van der Waals surface area contributed by atoms with Gasteiger partial charge in [0.05, 0.1) is 44.5 Å². The molecule has 16 rings (SSSR count). The second-order valence-electron chi connectivity index (χ2n) is 17.9. The van der Waals surface area contributed by atoms with Crippen LogP contribution in [-0.2, 0) is 0 Å². The molecule has 3 aliphatic carbocycles. The van der Waals surface area contributed by atoms with Gasteiger partial charge in [0.1, 0.15) is 0 Å². The van der Waals surface area contributed by atoms with E-state index >= 15 is 0 Å². The number of nitrogens with zero attached hydrogens (tertiary/aromatic N) is 3. The molecule has 0 N–H and O–H groups in total. The quantitative estimate of drug-likeness (QED) is 0.168. The van der Waals surface area contributed by atoms with Gasteiger partial charge in [0.15, 0.2) is 0 Å². The van der Waals surface area contributed by atoms with Gasteiger partial charge in [-0.15, -0.1) is 0 Å². The fourth-order valence-corrected chi connectivity index (χ4v) is 12.3. The van der Waals surface area contributed by atoms with Gasteiger partial charge in [0, 0.05) is 61.0 Å². The monoisotopic (exact) mass is 825 g/mol. The molecule has 13 aromatic rings. The van der Waals surface area contributed by atoms with E-state index in [1.54, 1.807) is 0 Å². The minimum atomic E-state index is 0.173. The van der Waals surface area contributed by atoms with Crippen molar-refractivity contribution >= 4 is 65.4 Å². The summed E-state index contributed by atoms with van der Waals surface area (Å²) in [4.78, 5) is 0. The van der Waals surface area contributed by atoms with Gasteiger partial charge in [-0.1, -0.05) is 164 Å². The van der Waals surface area contributed by atoms with E-state index in [1.807, 2.05) is 0 Å². The van der Waals surface area contributed by atoms with Crippen molar-refractivity contribution in [1.29, 1.82) is 0 Å². The number of fused-ring (bicyclic) bond motifs is 9. The van der Waals surface area contributed by atoms with E-state index in [0.29, 0.717) is 0 Å². The molecule has 3 nitrogen and oxygen atoms in total. The molecular weight excluding hydrogens is 787 g/mol. The van der Waals surface area contributed by atoms with Crippen LogP contribution in [0, 0.1) is 0 Å². The standard InChI is InChI=1S/C62H39N3/c1-3-24-46-44(22-1)59-45-23-2-4-25-47(45)60(46)62-49(59)34-36-58-61(62)48-26-10-16-32-56(48)65(58)54-30-14-8-20-42(54)41-19-7-13-29-53(41)64-55-31-15-9-21-43(55)50-37-38(33-35-57(50)64)63-51-27-11-5-17-39(51)40-18-6-12-28-52(40)63/h1-37,59-60H. The molecule has 0 amide bonds. The molecule has 3 heterocycles. The number of para-hydroxylation sites is 6. The van der Waals surface area contributed by atoms with Crippen molar-refractivity contribution in [3.63, 3.8) is 0 Å². The Balaban J connectivity index is 0.956. The Labute approximate surface area is 375 Å². The molecule has 0 unspecified atom stereocenters. The third-order valence-corrected chi connectivity index (χ3v) is 14.8. The molecule has 0 aliphatic heterocycles. The molecule has 0 radical (unpaired) electrons. The molecule has 0 atom stereocenters. The molecule has 0 spiro atoms. The summed E-state index contributed by atoms with van der Waals surface area (Å²) >= 11 is 0. The summed E-state index contributed by atoms with van der Waals surface area (Å²) < 4.78 is 7.45. The summed E-state index contributed by atoms with van der Waals surface area (Å²) in [5.41, 5.74) is 21.8. The molecule has 3 aliphatic rings. The van der Waals surface area contributed by atoms with Gasteiger partial charge in [0.2, 0.25) is 0 Å². The van der Waals surface area contributed by atoms with Gasteiger partial charge < -0.3 is 13.7 Å². The average Bonchev–Trinajstić information content (AvgIpc) is 4.02. The van der Waals surface area contributed by atoms with Crippen molar-refractivity contribution in [2.45, 2.75) is 11.8 Å². The molecule has 3 aromatic heterocycles. The highest BCUT2D eigenvalue weighted by Gasteiger charge is 2.42. The first-order valence-corrected chi connectivity index (χ1v) is 22.8. The van der Waals surface area contributed by atoms with Crippen LogP contribution in [0.5, 0.6) is 0 Å². The first-order chi connectivity index (χ1) is 32.3. The Kier molecular flexibility index (Phi) is 7.06. The summed E-state index contributed by atoms with van der Waals surface area (Å²) in [6.07, 6.45) is 0. The second kappa shape index (κ2) is 13.1. The van der Waals surface area contributed by atoms with Gasteiger partial charge in [-0.3, -0.25) is 0 Å². The van der Waals surface area contributed by atoms with E-state index in [2.05, 4.69) is 238 Å². The molecule has 0 fully saturated rings. The highest BCUT2D eigenvalue weighted by atomic mass is 15.0. The maximum Gasteiger partial charge on any atom is 0.0544 e. The second-order valence-corrected chi connectivity index (χ2v) is 17.9. The van der Waals surface area contributed by atoms with Crippen LogP contribution in [0.4, 0.5) is 0 Å². The Morgan fingerprint density at radius 3 is 1.25 bits per heavy atom. The Morgan fingerprint density at radius 1 is 0.262 bits per heavy atom. The Morgan fingerprint density at radius 2 is 0.662 bits per heavy atom. The highest BCUT2D eigenvalue weighted by molar-refractivity contribution is 6.14. The van der Waals surface area contributed by atoms with Crippen LogP contribution in [-0.4, -0.2) is 13.7 Å². The van der Waals surface area contributed by atoms with E-state index in [9.17, 15) is 0 Å². The van der Waals surface area contributed by atoms with Gasteiger partial charge in [-0.25, -0.2) is 0 Å². The summed E-state index contributed by atoms with van der Waals surface area (Å²) in [6, 6.07) is 83.7. The van der Waals surface area contributed by atoms with Crippen LogP contribution < -0.4 is 0 Å². The number of aromatic nitrogens is 3. The van der Waals surface area contributed by atoms with Crippen molar-refractivity contribution < 1.29 is 0 Å². The number of rotatable bonds is 4. The maximum atomic E-state index is 2.54. The van der Waals surface area contributed by atoms with Gasteiger partial charge in [-0.2, -0.15) is 0 Å². The van der Waals surface area contributed by atoms with Crippen molar-refractivity contribution in [3.8, 4) is 28.2 Å². The summed E-state index contributed by atoms with van der Waals surface area (Å²) in [5, 5.41) is 7.66. The summed E-state index contributed by atoms with van der Waals surface area (Å²) in [5.74, 6) is 0.393. The van der Waals surface area contributed by atoms with Crippen molar-refractivity contribution in [1.82, 2.24) is 13.7 Å². The Hall–Kier alpha value is -8.40. The predicted octanol–water partition coefficient (Wildman–Crippen LogP) is 15.6. The third-order valence-electron chi connectivity index (χ3n) is 14.8. The van der Waals surface area contributed by atoms with Crippen LogP contribution in [0.3, 0.4) is 0 Å². The highest BCUT2D eigenvalue weighted by Crippen LogP contribution is 2.58. The zero-order chi connectivity index (χ0) is 42.3. The first-order valence-electron chi connectivity index (χ1n) is 22.8. The first kappa shape index (κ1) is 35.1. The molecule has 10 aromatic carbocycles. The average molecular weight is 826 g/mol. The summed E-state index contributed by atoms with van der Waals surface area (Å²) in [6.45, 7) is 0. The third kappa shape index (κ3) is 4.64. The maximum absolute atomic E-state index is 2.54. The Bertz CT molecular complexity index is 4050. The summed E-state index contributed by atoms with van der Waals surface area (Å²) in [7, 11) is 0. The lowest BCUT2D eigenvalue weighted by atomic mass is 9.60. The lowest BCUT2D eigenvalue weighted by Crippen LogP contribution is -2.27. The molecule has 302 valence electrons. The minimum Gasteiger partial charge on any atom is -0.309 e. The number of hydrogen-bond donors (Lipinski definition) is 0. The molecule has 2 bridgehead atoms. The van der Waals surface area contributed by atoms with E-state index in [0.717, 1.165) is 11.4 Å². The van der Waals surface area contributed by atoms with Gasteiger partial charge in [0.25, 0.3) is 0 Å². The SMILES string of the molecule is c1ccc(-n2c3ccccc3c3cc(-n4c5ccccc5c5ccccc54)ccc32)c(-c2ccccc2-n2c3ccccc3c3c4c(ccc32)C2c3ccccc3C4c3ccccc32)c1. The van der Waals surface area contributed by atoms with Crippen LogP contribution in [0.15, 0.2) is 224 Å². The largest absolute Gasteiger partial charge is 0.309 e. The lowest BCUT2D eigenvalue weighted by molar-refractivity contribution is 0.761. The van der Waals surface area contributed by atoms with Crippen LogP contribution in [0.25, 0.3) is 93.6 Å². The van der Waals surface area contributed by atoms with E-state index < -0.39 is 0 Å². The van der Waals surface area contributed by atoms with Crippen LogP contribution in [0.1, 0.15) is 45.2 Å². The number of benzene rings is 10. The predicted molar refractivity (Wildman–Crippen MR) is 270 cm³/mol. The normalized spacial score (nSPS) is 15.1. The molecule has 3 heteroatoms. The van der Waals surface area contributed by atoms with E-state index in [-0.39, 0.29) is 11.8 Å². The molecular formula is C62H39N3. The molecule has 0 saturated heterocycles. The molecule has 0 saturated carbocycles. The van der Waals surface area contributed by atoms with Gasteiger partial charge >= 0.3 is 0 Å². The fourth-order valence-electron chi connectivity index (χ4n) is 12.3. The van der Waals surface area contributed by atoms with Crippen LogP contribution in [0.2, 0.25) is 0 Å². The van der Waals surface area contributed by atoms with Crippen molar-refractivity contribution in [3.05, 3.63) is 258 Å². The lowest BCUT2D eigenvalue weighted by Gasteiger charge is -2.42. The zero-order valence-electron chi connectivity index (χ0n) is 35.4. The molecule has 65 heavy (non-hydrogen) atoms. The fraction of sp³-hybridized carbons (Fsp3) is 0.0323. The van der Waals surface area contributed by atoms with Crippen molar-refractivity contribution in [2.75, 3.05) is 0 Å². The van der Waals surface area contributed by atoms with E-state index in [4.69, 9.17) is 0 Å². The van der Waals surface area contributed by atoms with Gasteiger partial charge in [-0.05, 0) is 94.0 Å². The smallest absolute Gasteiger partial charge is 0.0544 e. The van der Waals surface area contributed by atoms with Crippen LogP contribution >= 0.6 is 0 Å². The number of hydrogen-bond acceptors (Lipinski definition) is 0. The van der Waals surface area contributed by atoms with E-state index in [1.165, 1.54) is 116 Å². The topological polar surface area (TPSA) is 14.8 Å². The zero-order valence-corrected chi connectivity index (χ0v) is 35.4.